The molecular weight excluding hydrogens is 421 g/mol. The zero-order valence-corrected chi connectivity index (χ0v) is 23.2. The van der Waals surface area contributed by atoms with E-state index in [0.29, 0.717) is 38.3 Å². The van der Waals surface area contributed by atoms with Gasteiger partial charge >= 0.3 is 0 Å². The van der Waals surface area contributed by atoms with E-state index in [0.717, 1.165) is 13.1 Å². The minimum absolute atomic E-state index is 0.0124. The first-order chi connectivity index (χ1) is 14.7. The van der Waals surface area contributed by atoms with Gasteiger partial charge in [-0.1, -0.05) is 62.3 Å². The quantitative estimate of drug-likeness (QED) is 0.596. The molecule has 33 heavy (non-hydrogen) atoms. The fourth-order valence-corrected chi connectivity index (χ4v) is 2.94. The molecule has 0 unspecified atom stereocenters. The lowest BCUT2D eigenvalue weighted by molar-refractivity contribution is -0.140. The minimum atomic E-state index is -0.783. The lowest BCUT2D eigenvalue weighted by atomic mass is 9.91. The van der Waals surface area contributed by atoms with Gasteiger partial charge < -0.3 is 14.7 Å². The van der Waals surface area contributed by atoms with Crippen LogP contribution in [0.2, 0.25) is 0 Å². The molecule has 3 amide bonds. The predicted octanol–water partition coefficient (Wildman–Crippen LogP) is 4.77. The largest absolute Gasteiger partial charge is 0.349 e. The third-order valence-corrected chi connectivity index (χ3v) is 4.94. The lowest BCUT2D eigenvalue weighted by Gasteiger charge is -2.36. The minimum Gasteiger partial charge on any atom is -0.349 e. The van der Waals surface area contributed by atoms with Crippen LogP contribution in [0.15, 0.2) is 0 Å². The van der Waals surface area contributed by atoms with E-state index < -0.39 is 6.17 Å². The molecule has 2 heterocycles. The summed E-state index contributed by atoms with van der Waals surface area (Å²) < 4.78 is 12.4. The van der Waals surface area contributed by atoms with Gasteiger partial charge in [0.15, 0.2) is 0 Å². The summed E-state index contributed by atoms with van der Waals surface area (Å²) >= 11 is 0. The Morgan fingerprint density at radius 3 is 1.30 bits per heavy atom. The number of halogens is 1. The smallest absolute Gasteiger partial charge is 0.223 e. The molecule has 194 valence electrons. The van der Waals surface area contributed by atoms with E-state index >= 15 is 0 Å². The van der Waals surface area contributed by atoms with Crippen LogP contribution in [0, 0.1) is 16.2 Å². The second kappa shape index (κ2) is 12.7. The highest BCUT2D eigenvalue weighted by molar-refractivity contribution is 5.78. The number of alkyl halides is 1. The Hall–Kier alpha value is -1.66. The van der Waals surface area contributed by atoms with Gasteiger partial charge in [-0.3, -0.25) is 14.4 Å². The highest BCUT2D eigenvalue weighted by Crippen LogP contribution is 2.23. The first-order valence-electron chi connectivity index (χ1n) is 12.1. The molecule has 0 aromatic rings. The molecule has 2 saturated heterocycles. The zero-order chi connectivity index (χ0) is 26.2. The first kappa shape index (κ1) is 31.3. The number of carbonyl (C=O) groups excluding carboxylic acids is 3. The van der Waals surface area contributed by atoms with Crippen LogP contribution in [0.3, 0.4) is 0 Å². The molecule has 2 rings (SSSR count). The number of carbonyl (C=O) groups is 3. The molecule has 0 radical (unpaired) electrons. The SMILES string of the molecule is CC(C)(C)CC(=O)N1CC(F)C1.CC(C)(C)CC(=O)N1CCC1.CN(C)C(=O)CC(C)(C)C. The van der Waals surface area contributed by atoms with Gasteiger partial charge in [0, 0.05) is 46.4 Å². The molecule has 7 heteroatoms. The van der Waals surface area contributed by atoms with Gasteiger partial charge in [-0.05, 0) is 22.7 Å². The highest BCUT2D eigenvalue weighted by Gasteiger charge is 2.32. The monoisotopic (exact) mass is 471 g/mol. The van der Waals surface area contributed by atoms with Gasteiger partial charge in [0.2, 0.25) is 17.7 Å². The van der Waals surface area contributed by atoms with Crippen molar-refractivity contribution in [3.05, 3.63) is 0 Å². The highest BCUT2D eigenvalue weighted by atomic mass is 19.1. The van der Waals surface area contributed by atoms with Crippen LogP contribution in [0.25, 0.3) is 0 Å². The average Bonchev–Trinajstić information content (AvgIpc) is 2.45. The number of hydrogen-bond acceptors (Lipinski definition) is 3. The summed E-state index contributed by atoms with van der Waals surface area (Å²) in [6.45, 7) is 21.1. The fourth-order valence-electron chi connectivity index (χ4n) is 2.94. The van der Waals surface area contributed by atoms with Gasteiger partial charge in [0.25, 0.3) is 0 Å². The van der Waals surface area contributed by atoms with Crippen molar-refractivity contribution in [2.24, 2.45) is 16.2 Å². The van der Waals surface area contributed by atoms with Crippen LogP contribution in [0.5, 0.6) is 0 Å². The predicted molar refractivity (Wildman–Crippen MR) is 134 cm³/mol. The Morgan fingerprint density at radius 2 is 1.09 bits per heavy atom. The van der Waals surface area contributed by atoms with E-state index in [2.05, 4.69) is 41.5 Å². The molecule has 0 aliphatic carbocycles. The fraction of sp³-hybridized carbons (Fsp3) is 0.885. The molecule has 0 N–H and O–H groups in total. The molecular formula is C26H50FN3O3. The third kappa shape index (κ3) is 15.7. The standard InChI is InChI=1S/C9H16FNO.C9H17NO.C8H17NO/c1-9(2,3)4-8(12)11-5-7(10)6-11;1-9(2,3)7-8(11)10-5-4-6-10;1-8(2,3)6-7(10)9(4)5/h7H,4-6H2,1-3H3;4-7H2,1-3H3;6H2,1-5H3. The number of likely N-dealkylation sites (tertiary alicyclic amines) is 2. The van der Waals surface area contributed by atoms with Crippen molar-refractivity contribution in [1.29, 1.82) is 0 Å². The van der Waals surface area contributed by atoms with Crippen LogP contribution >= 0.6 is 0 Å². The molecule has 6 nitrogen and oxygen atoms in total. The van der Waals surface area contributed by atoms with Crippen molar-refractivity contribution >= 4 is 17.7 Å². The topological polar surface area (TPSA) is 60.9 Å². The normalized spacial score (nSPS) is 16.4. The molecule has 0 aromatic carbocycles. The van der Waals surface area contributed by atoms with Crippen LogP contribution in [-0.2, 0) is 14.4 Å². The summed E-state index contributed by atoms with van der Waals surface area (Å²) in [7, 11) is 3.57. The van der Waals surface area contributed by atoms with Gasteiger partial charge in [-0.25, -0.2) is 4.39 Å². The molecule has 2 aliphatic heterocycles. The van der Waals surface area contributed by atoms with E-state index in [1.807, 2.05) is 25.7 Å². The number of rotatable bonds is 3. The second-order valence-corrected chi connectivity index (χ2v) is 13.1. The van der Waals surface area contributed by atoms with Crippen LogP contribution in [0.1, 0.15) is 88.0 Å². The molecule has 0 bridgehead atoms. The maximum Gasteiger partial charge on any atom is 0.223 e. The summed E-state index contributed by atoms with van der Waals surface area (Å²) in [6.07, 6.45) is 2.23. The van der Waals surface area contributed by atoms with Crippen molar-refractivity contribution < 1.29 is 18.8 Å². The average molecular weight is 472 g/mol. The number of hydrogen-bond donors (Lipinski definition) is 0. The molecule has 0 spiro atoms. The molecule has 2 fully saturated rings. The zero-order valence-electron chi connectivity index (χ0n) is 23.2. The number of nitrogens with zero attached hydrogens (tertiary/aromatic N) is 3. The Labute approximate surface area is 202 Å². The van der Waals surface area contributed by atoms with Crippen LogP contribution in [-0.4, -0.2) is 78.9 Å². The molecule has 0 atom stereocenters. The first-order valence-corrected chi connectivity index (χ1v) is 12.1. The third-order valence-electron chi connectivity index (χ3n) is 4.94. The van der Waals surface area contributed by atoms with Gasteiger partial charge in [0.1, 0.15) is 6.17 Å². The molecule has 2 aliphatic rings. The summed E-state index contributed by atoms with van der Waals surface area (Å²) in [4.78, 5) is 38.9. The van der Waals surface area contributed by atoms with Crippen molar-refractivity contribution in [2.45, 2.75) is 94.2 Å². The Kier molecular flexibility index (Phi) is 12.1. The molecule has 0 saturated carbocycles. The van der Waals surface area contributed by atoms with E-state index in [9.17, 15) is 18.8 Å². The van der Waals surface area contributed by atoms with Crippen molar-refractivity contribution in [3.8, 4) is 0 Å². The van der Waals surface area contributed by atoms with E-state index in [4.69, 9.17) is 0 Å². The van der Waals surface area contributed by atoms with Crippen molar-refractivity contribution in [1.82, 2.24) is 14.7 Å². The summed E-state index contributed by atoms with van der Waals surface area (Å²) in [6, 6.07) is 0. The van der Waals surface area contributed by atoms with E-state index in [1.165, 1.54) is 6.42 Å². The van der Waals surface area contributed by atoms with Crippen LogP contribution in [0.4, 0.5) is 4.39 Å². The van der Waals surface area contributed by atoms with E-state index in [-0.39, 0.29) is 28.1 Å². The van der Waals surface area contributed by atoms with Crippen molar-refractivity contribution in [3.63, 3.8) is 0 Å². The summed E-state index contributed by atoms with van der Waals surface area (Å²) in [5.41, 5.74) is 0.270. The summed E-state index contributed by atoms with van der Waals surface area (Å²) in [5.74, 6) is 0.604. The maximum absolute atomic E-state index is 12.4. The van der Waals surface area contributed by atoms with Gasteiger partial charge in [-0.2, -0.15) is 0 Å². The van der Waals surface area contributed by atoms with Gasteiger partial charge in [-0.15, -0.1) is 0 Å². The van der Waals surface area contributed by atoms with Crippen LogP contribution < -0.4 is 0 Å². The van der Waals surface area contributed by atoms with Gasteiger partial charge in [0.05, 0.1) is 13.1 Å². The molecule has 0 aromatic heterocycles. The van der Waals surface area contributed by atoms with E-state index in [1.54, 1.807) is 23.9 Å². The Balaban J connectivity index is 0.000000468. The Morgan fingerprint density at radius 1 is 0.727 bits per heavy atom. The summed E-state index contributed by atoms with van der Waals surface area (Å²) in [5, 5.41) is 0. The second-order valence-electron chi connectivity index (χ2n) is 13.1. The lowest BCUT2D eigenvalue weighted by Crippen LogP contribution is -2.52. The van der Waals surface area contributed by atoms with Crippen molar-refractivity contribution in [2.75, 3.05) is 40.3 Å². The Bertz CT molecular complexity index is 633. The number of amides is 3. The maximum atomic E-state index is 12.4.